The Morgan fingerprint density at radius 3 is 2.65 bits per heavy atom. The molecule has 0 spiro atoms. The zero-order valence-electron chi connectivity index (χ0n) is 13.7. The van der Waals surface area contributed by atoms with Gasteiger partial charge in [-0.3, -0.25) is 9.59 Å². The number of nitrogens with one attached hydrogen (secondary N) is 1. The van der Waals surface area contributed by atoms with Gasteiger partial charge in [0.05, 0.1) is 0 Å². The Kier molecular flexibility index (Phi) is 7.07. The van der Waals surface area contributed by atoms with Gasteiger partial charge in [-0.2, -0.15) is 0 Å². The first kappa shape index (κ1) is 17.5. The minimum Gasteiger partial charge on any atom is -0.344 e. The number of amides is 2. The summed E-state index contributed by atoms with van der Waals surface area (Å²) in [6, 6.07) is 9.59. The Morgan fingerprint density at radius 2 is 1.91 bits per heavy atom. The summed E-state index contributed by atoms with van der Waals surface area (Å²) in [6.07, 6.45) is 5.15. The molecule has 23 heavy (non-hydrogen) atoms. The van der Waals surface area contributed by atoms with Gasteiger partial charge in [-0.25, -0.2) is 0 Å². The van der Waals surface area contributed by atoms with Crippen LogP contribution in [-0.4, -0.2) is 35.8 Å². The molecule has 2 amide bonds. The maximum absolute atomic E-state index is 12.4. The predicted molar refractivity (Wildman–Crippen MR) is 90.5 cm³/mol. The fourth-order valence-corrected chi connectivity index (χ4v) is 2.88. The Labute approximate surface area is 138 Å². The lowest BCUT2D eigenvalue weighted by molar-refractivity contribution is -0.133. The molecule has 1 saturated heterocycles. The first-order valence-corrected chi connectivity index (χ1v) is 8.53. The van der Waals surface area contributed by atoms with Gasteiger partial charge in [0.1, 0.15) is 6.04 Å². The van der Waals surface area contributed by atoms with E-state index in [1.54, 1.807) is 0 Å². The van der Waals surface area contributed by atoms with Crippen LogP contribution in [0.4, 0.5) is 0 Å². The predicted octanol–water partition coefficient (Wildman–Crippen LogP) is 1.81. The Hall–Kier alpha value is -1.88. The number of carbonyl (C=O) groups excluding carboxylic acids is 2. The minimum absolute atomic E-state index is 0.0161. The van der Waals surface area contributed by atoms with Crippen molar-refractivity contribution >= 4 is 11.8 Å². The smallest absolute Gasteiger partial charge is 0.245 e. The number of nitrogens with zero attached hydrogens (tertiary/aromatic N) is 1. The van der Waals surface area contributed by atoms with Crippen LogP contribution in [0.1, 0.15) is 44.1 Å². The summed E-state index contributed by atoms with van der Waals surface area (Å²) in [5.41, 5.74) is 6.56. The third-order valence-corrected chi connectivity index (χ3v) is 4.21. The van der Waals surface area contributed by atoms with Crippen molar-refractivity contribution in [2.24, 2.45) is 5.73 Å². The second-order valence-corrected chi connectivity index (χ2v) is 6.11. The molecule has 1 fully saturated rings. The van der Waals surface area contributed by atoms with E-state index < -0.39 is 0 Å². The van der Waals surface area contributed by atoms with E-state index in [1.165, 1.54) is 0 Å². The largest absolute Gasteiger partial charge is 0.344 e. The highest BCUT2D eigenvalue weighted by molar-refractivity contribution is 5.89. The van der Waals surface area contributed by atoms with Crippen LogP contribution in [0.5, 0.6) is 0 Å². The number of hydrogen-bond acceptors (Lipinski definition) is 3. The van der Waals surface area contributed by atoms with Crippen molar-refractivity contribution in [3.8, 4) is 0 Å². The zero-order valence-corrected chi connectivity index (χ0v) is 13.7. The van der Waals surface area contributed by atoms with Crippen LogP contribution in [0.25, 0.3) is 0 Å². The summed E-state index contributed by atoms with van der Waals surface area (Å²) >= 11 is 0. The van der Waals surface area contributed by atoms with Crippen LogP contribution in [0.15, 0.2) is 30.3 Å². The summed E-state index contributed by atoms with van der Waals surface area (Å²) in [5.74, 6) is 0.0167. The molecular formula is C18H27N3O2. The molecule has 1 aliphatic rings. The monoisotopic (exact) mass is 317 g/mol. The average molecular weight is 317 g/mol. The van der Waals surface area contributed by atoms with Gasteiger partial charge in [-0.15, -0.1) is 0 Å². The molecule has 0 aliphatic carbocycles. The first-order valence-electron chi connectivity index (χ1n) is 8.53. The summed E-state index contributed by atoms with van der Waals surface area (Å²) in [4.78, 5) is 26.1. The van der Waals surface area contributed by atoms with Gasteiger partial charge in [0, 0.05) is 19.5 Å². The molecule has 1 aromatic rings. The van der Waals surface area contributed by atoms with E-state index in [2.05, 4.69) is 5.32 Å². The van der Waals surface area contributed by atoms with E-state index in [1.807, 2.05) is 35.2 Å². The van der Waals surface area contributed by atoms with Crippen LogP contribution in [0.2, 0.25) is 0 Å². The van der Waals surface area contributed by atoms with E-state index >= 15 is 0 Å². The molecule has 3 N–H and O–H groups in total. The highest BCUT2D eigenvalue weighted by Gasteiger charge is 2.32. The van der Waals surface area contributed by atoms with Crippen LogP contribution in [0.3, 0.4) is 0 Å². The number of unbranched alkanes of at least 4 members (excludes halogenated alkanes) is 3. The minimum atomic E-state index is -0.352. The molecule has 5 nitrogen and oxygen atoms in total. The van der Waals surface area contributed by atoms with Gasteiger partial charge in [-0.05, 0) is 31.4 Å². The van der Waals surface area contributed by atoms with Crippen molar-refractivity contribution in [2.75, 3.05) is 13.1 Å². The molecule has 0 saturated carbocycles. The second kappa shape index (κ2) is 9.30. The van der Waals surface area contributed by atoms with Gasteiger partial charge in [0.15, 0.2) is 0 Å². The molecule has 0 bridgehead atoms. The number of benzene rings is 1. The normalized spacial score (nSPS) is 17.5. The fourth-order valence-electron chi connectivity index (χ4n) is 2.88. The molecule has 5 heteroatoms. The lowest BCUT2D eigenvalue weighted by atomic mass is 10.1. The van der Waals surface area contributed by atoms with Crippen molar-refractivity contribution in [2.45, 2.75) is 51.1 Å². The molecule has 2 rings (SSSR count). The second-order valence-electron chi connectivity index (χ2n) is 6.11. The van der Waals surface area contributed by atoms with Crippen LogP contribution < -0.4 is 11.1 Å². The van der Waals surface area contributed by atoms with Crippen LogP contribution in [-0.2, 0) is 16.1 Å². The number of hydrogen-bond donors (Lipinski definition) is 2. The summed E-state index contributed by atoms with van der Waals surface area (Å²) in [7, 11) is 0. The molecule has 1 heterocycles. The Bertz CT molecular complexity index is 504. The van der Waals surface area contributed by atoms with Gasteiger partial charge < -0.3 is 16.0 Å². The van der Waals surface area contributed by atoms with Gasteiger partial charge in [-0.1, -0.05) is 43.2 Å². The molecule has 1 atom stereocenters. The molecule has 126 valence electrons. The quantitative estimate of drug-likeness (QED) is 0.682. The van der Waals surface area contributed by atoms with Gasteiger partial charge in [0.25, 0.3) is 0 Å². The summed E-state index contributed by atoms with van der Waals surface area (Å²) < 4.78 is 0. The van der Waals surface area contributed by atoms with Crippen molar-refractivity contribution in [1.29, 1.82) is 0 Å². The third-order valence-electron chi connectivity index (χ3n) is 4.21. The van der Waals surface area contributed by atoms with E-state index in [0.717, 1.165) is 31.2 Å². The number of carbonyl (C=O) groups is 2. The van der Waals surface area contributed by atoms with E-state index in [4.69, 9.17) is 5.73 Å². The van der Waals surface area contributed by atoms with Gasteiger partial charge >= 0.3 is 0 Å². The first-order chi connectivity index (χ1) is 11.2. The van der Waals surface area contributed by atoms with E-state index in [0.29, 0.717) is 32.5 Å². The lowest BCUT2D eigenvalue weighted by Crippen LogP contribution is -2.41. The van der Waals surface area contributed by atoms with Crippen molar-refractivity contribution in [3.63, 3.8) is 0 Å². The van der Waals surface area contributed by atoms with E-state index in [-0.39, 0.29) is 17.9 Å². The number of nitrogens with two attached hydrogens (primary N) is 1. The van der Waals surface area contributed by atoms with Crippen molar-refractivity contribution in [1.82, 2.24) is 10.2 Å². The van der Waals surface area contributed by atoms with Crippen molar-refractivity contribution < 1.29 is 9.59 Å². The van der Waals surface area contributed by atoms with E-state index in [9.17, 15) is 9.59 Å². The van der Waals surface area contributed by atoms with Gasteiger partial charge in [0.2, 0.25) is 11.8 Å². The molecule has 1 unspecified atom stereocenters. The SMILES string of the molecule is NCCCCCCC(=O)NC1CCN(Cc2ccccc2)C1=O. The molecule has 1 aromatic carbocycles. The van der Waals surface area contributed by atoms with Crippen LogP contribution in [0, 0.1) is 0 Å². The third kappa shape index (κ3) is 5.67. The lowest BCUT2D eigenvalue weighted by Gasteiger charge is -2.17. The van der Waals surface area contributed by atoms with Crippen LogP contribution >= 0.6 is 0 Å². The molecular weight excluding hydrogens is 290 g/mol. The molecule has 0 aromatic heterocycles. The highest BCUT2D eigenvalue weighted by atomic mass is 16.2. The molecule has 1 aliphatic heterocycles. The van der Waals surface area contributed by atoms with Crippen molar-refractivity contribution in [3.05, 3.63) is 35.9 Å². The molecule has 0 radical (unpaired) electrons. The maximum Gasteiger partial charge on any atom is 0.245 e. The zero-order chi connectivity index (χ0) is 16.5. The topological polar surface area (TPSA) is 75.4 Å². The fraction of sp³-hybridized carbons (Fsp3) is 0.556. The summed E-state index contributed by atoms with van der Waals surface area (Å²) in [5, 5.41) is 2.88. The number of likely N-dealkylation sites (tertiary alicyclic amines) is 1. The maximum atomic E-state index is 12.4. The Balaban J connectivity index is 1.70. The number of rotatable bonds is 9. The highest BCUT2D eigenvalue weighted by Crippen LogP contribution is 2.15. The Morgan fingerprint density at radius 1 is 1.17 bits per heavy atom. The average Bonchev–Trinajstić information content (AvgIpc) is 2.89. The standard InChI is InChI=1S/C18H27N3O2/c19-12-7-2-1-6-10-17(22)20-16-11-13-21(18(16)23)14-15-8-4-3-5-9-15/h3-5,8-9,16H,1-2,6-7,10-14,19H2,(H,20,22). The summed E-state index contributed by atoms with van der Waals surface area (Å²) in [6.45, 7) is 2.03.